The molecular formula is C16H12O2. The van der Waals surface area contributed by atoms with E-state index in [2.05, 4.69) is 42.5 Å². The Balaban J connectivity index is 2.11. The van der Waals surface area contributed by atoms with E-state index in [-0.39, 0.29) is 0 Å². The molecule has 3 aromatic carbocycles. The van der Waals surface area contributed by atoms with Crippen molar-refractivity contribution in [2.45, 2.75) is 0 Å². The summed E-state index contributed by atoms with van der Waals surface area (Å²) in [5.41, 5.74) is 0. The standard InChI is InChI=1S/C16H12O2/c1-2-4-12-10-14-13(9-11(12)3-1)5-6-15-16(14)18-8-7-17-15/h1-6,9-10H,7-8H2. The minimum absolute atomic E-state index is 0.624. The fourth-order valence-electron chi connectivity index (χ4n) is 2.52. The summed E-state index contributed by atoms with van der Waals surface area (Å²) in [6.07, 6.45) is 0. The maximum atomic E-state index is 5.76. The molecule has 3 aromatic rings. The van der Waals surface area contributed by atoms with Gasteiger partial charge in [-0.3, -0.25) is 0 Å². The lowest BCUT2D eigenvalue weighted by Gasteiger charge is -2.20. The molecule has 4 rings (SSSR count). The van der Waals surface area contributed by atoms with Crippen molar-refractivity contribution in [3.05, 3.63) is 48.5 Å². The van der Waals surface area contributed by atoms with Crippen LogP contribution in [0.2, 0.25) is 0 Å². The van der Waals surface area contributed by atoms with Gasteiger partial charge in [0, 0.05) is 5.39 Å². The maximum Gasteiger partial charge on any atom is 0.169 e. The van der Waals surface area contributed by atoms with Crippen LogP contribution in [0.3, 0.4) is 0 Å². The number of ether oxygens (including phenoxy) is 2. The van der Waals surface area contributed by atoms with Gasteiger partial charge < -0.3 is 9.47 Å². The third-order valence-corrected chi connectivity index (χ3v) is 3.39. The number of hydrogen-bond donors (Lipinski definition) is 0. The van der Waals surface area contributed by atoms with Gasteiger partial charge in [-0.05, 0) is 34.4 Å². The molecule has 0 amide bonds. The third kappa shape index (κ3) is 1.35. The highest BCUT2D eigenvalue weighted by molar-refractivity contribution is 6.02. The highest BCUT2D eigenvalue weighted by Gasteiger charge is 2.15. The van der Waals surface area contributed by atoms with E-state index in [1.54, 1.807) is 0 Å². The number of rotatable bonds is 0. The first-order chi connectivity index (χ1) is 8.92. The first-order valence-electron chi connectivity index (χ1n) is 6.13. The summed E-state index contributed by atoms with van der Waals surface area (Å²) in [4.78, 5) is 0. The monoisotopic (exact) mass is 236 g/mol. The van der Waals surface area contributed by atoms with Crippen molar-refractivity contribution in [1.82, 2.24) is 0 Å². The molecule has 0 saturated heterocycles. The zero-order valence-corrected chi connectivity index (χ0v) is 9.85. The van der Waals surface area contributed by atoms with Gasteiger partial charge in [-0.25, -0.2) is 0 Å². The zero-order valence-electron chi connectivity index (χ0n) is 9.85. The molecule has 1 aliphatic heterocycles. The van der Waals surface area contributed by atoms with Crippen molar-refractivity contribution in [2.24, 2.45) is 0 Å². The van der Waals surface area contributed by atoms with Crippen LogP contribution in [0, 0.1) is 0 Å². The van der Waals surface area contributed by atoms with Crippen molar-refractivity contribution >= 4 is 21.5 Å². The van der Waals surface area contributed by atoms with Crippen molar-refractivity contribution in [1.29, 1.82) is 0 Å². The molecular weight excluding hydrogens is 224 g/mol. The van der Waals surface area contributed by atoms with Gasteiger partial charge in [-0.1, -0.05) is 30.3 Å². The van der Waals surface area contributed by atoms with Gasteiger partial charge in [0.2, 0.25) is 0 Å². The van der Waals surface area contributed by atoms with Crippen LogP contribution in [0.1, 0.15) is 0 Å². The fraction of sp³-hybridized carbons (Fsp3) is 0.125. The summed E-state index contributed by atoms with van der Waals surface area (Å²) < 4.78 is 11.4. The minimum atomic E-state index is 0.624. The molecule has 0 N–H and O–H groups in total. The van der Waals surface area contributed by atoms with Gasteiger partial charge in [-0.2, -0.15) is 0 Å². The van der Waals surface area contributed by atoms with Crippen LogP contribution in [0.25, 0.3) is 21.5 Å². The molecule has 0 saturated carbocycles. The van der Waals surface area contributed by atoms with Gasteiger partial charge in [0.15, 0.2) is 11.5 Å². The van der Waals surface area contributed by atoms with E-state index in [4.69, 9.17) is 9.47 Å². The summed E-state index contributed by atoms with van der Waals surface area (Å²) in [7, 11) is 0. The molecule has 0 bridgehead atoms. The van der Waals surface area contributed by atoms with Gasteiger partial charge in [0.25, 0.3) is 0 Å². The molecule has 0 aromatic heterocycles. The fourth-order valence-corrected chi connectivity index (χ4v) is 2.52. The van der Waals surface area contributed by atoms with Crippen LogP contribution in [0.5, 0.6) is 11.5 Å². The van der Waals surface area contributed by atoms with Crippen molar-refractivity contribution in [3.63, 3.8) is 0 Å². The summed E-state index contributed by atoms with van der Waals surface area (Å²) in [5.74, 6) is 1.73. The second-order valence-corrected chi connectivity index (χ2v) is 4.51. The molecule has 0 fully saturated rings. The largest absolute Gasteiger partial charge is 0.486 e. The average Bonchev–Trinajstić information content (AvgIpc) is 2.45. The quantitative estimate of drug-likeness (QED) is 0.553. The molecule has 1 heterocycles. The van der Waals surface area contributed by atoms with Crippen molar-refractivity contribution in [3.8, 4) is 11.5 Å². The SMILES string of the molecule is c1ccc2cc3c4c(ccc3cc2c1)OCCO4. The highest BCUT2D eigenvalue weighted by Crippen LogP contribution is 2.39. The van der Waals surface area contributed by atoms with Crippen LogP contribution in [-0.2, 0) is 0 Å². The minimum Gasteiger partial charge on any atom is -0.486 e. The molecule has 0 spiro atoms. The lowest BCUT2D eigenvalue weighted by atomic mass is 10.0. The average molecular weight is 236 g/mol. The summed E-state index contributed by atoms with van der Waals surface area (Å²) in [6.45, 7) is 1.25. The lowest BCUT2D eigenvalue weighted by Crippen LogP contribution is -2.15. The molecule has 2 heteroatoms. The topological polar surface area (TPSA) is 18.5 Å². The van der Waals surface area contributed by atoms with Crippen molar-refractivity contribution < 1.29 is 9.47 Å². The first-order valence-corrected chi connectivity index (χ1v) is 6.13. The van der Waals surface area contributed by atoms with Crippen LogP contribution in [0.15, 0.2) is 48.5 Å². The second-order valence-electron chi connectivity index (χ2n) is 4.51. The molecule has 18 heavy (non-hydrogen) atoms. The predicted octanol–water partition coefficient (Wildman–Crippen LogP) is 3.76. The summed E-state index contributed by atoms with van der Waals surface area (Å²) >= 11 is 0. The van der Waals surface area contributed by atoms with Crippen molar-refractivity contribution in [2.75, 3.05) is 13.2 Å². The van der Waals surface area contributed by atoms with Crippen LogP contribution < -0.4 is 9.47 Å². The molecule has 1 aliphatic rings. The predicted molar refractivity (Wildman–Crippen MR) is 72.4 cm³/mol. The van der Waals surface area contributed by atoms with Gasteiger partial charge in [0.05, 0.1) is 0 Å². The van der Waals surface area contributed by atoms with Gasteiger partial charge in [0.1, 0.15) is 13.2 Å². The van der Waals surface area contributed by atoms with Crippen LogP contribution in [0.4, 0.5) is 0 Å². The van der Waals surface area contributed by atoms with E-state index in [0.717, 1.165) is 16.9 Å². The Labute approximate surface area is 105 Å². The van der Waals surface area contributed by atoms with E-state index in [1.165, 1.54) is 16.2 Å². The van der Waals surface area contributed by atoms with E-state index in [1.807, 2.05) is 6.07 Å². The first kappa shape index (κ1) is 9.77. The Bertz CT molecular complexity index is 747. The Kier molecular flexibility index (Phi) is 1.97. The maximum absolute atomic E-state index is 5.76. The van der Waals surface area contributed by atoms with E-state index in [0.29, 0.717) is 13.2 Å². The normalized spacial score (nSPS) is 14.0. The summed E-state index contributed by atoms with van der Waals surface area (Å²) in [6, 6.07) is 16.8. The second kappa shape index (κ2) is 3.64. The lowest BCUT2D eigenvalue weighted by molar-refractivity contribution is 0.174. The molecule has 0 radical (unpaired) electrons. The smallest absolute Gasteiger partial charge is 0.169 e. The Morgan fingerprint density at radius 3 is 2.39 bits per heavy atom. The van der Waals surface area contributed by atoms with Gasteiger partial charge >= 0.3 is 0 Å². The Morgan fingerprint density at radius 1 is 0.722 bits per heavy atom. The number of benzene rings is 3. The highest BCUT2D eigenvalue weighted by atomic mass is 16.6. The van der Waals surface area contributed by atoms with E-state index < -0.39 is 0 Å². The summed E-state index contributed by atoms with van der Waals surface area (Å²) in [5, 5.41) is 4.80. The molecule has 88 valence electrons. The van der Waals surface area contributed by atoms with E-state index in [9.17, 15) is 0 Å². The Morgan fingerprint density at radius 2 is 1.50 bits per heavy atom. The molecule has 0 unspecified atom stereocenters. The molecule has 0 aliphatic carbocycles. The number of hydrogen-bond acceptors (Lipinski definition) is 2. The number of fused-ring (bicyclic) bond motifs is 4. The molecule has 2 nitrogen and oxygen atoms in total. The Hall–Kier alpha value is -2.22. The van der Waals surface area contributed by atoms with E-state index >= 15 is 0 Å². The molecule has 0 atom stereocenters. The third-order valence-electron chi connectivity index (χ3n) is 3.39. The van der Waals surface area contributed by atoms with Gasteiger partial charge in [-0.15, -0.1) is 0 Å². The van der Waals surface area contributed by atoms with Crippen LogP contribution in [-0.4, -0.2) is 13.2 Å². The van der Waals surface area contributed by atoms with Crippen LogP contribution >= 0.6 is 0 Å². The zero-order chi connectivity index (χ0) is 11.9.